The van der Waals surface area contributed by atoms with Gasteiger partial charge in [0, 0.05) is 0 Å². The number of rotatable bonds is 5. The Kier molecular flexibility index (Phi) is 7.25. The van der Waals surface area contributed by atoms with Crippen LogP contribution in [0.3, 0.4) is 0 Å². The summed E-state index contributed by atoms with van der Waals surface area (Å²) in [6.07, 6.45) is 0.688. The molecule has 0 fully saturated rings. The predicted octanol–water partition coefficient (Wildman–Crippen LogP) is 8.60. The molecule has 0 aromatic heterocycles. The van der Waals surface area contributed by atoms with Crippen LogP contribution in [0.1, 0.15) is 105 Å². The normalized spacial score (nSPS) is 13.4. The summed E-state index contributed by atoms with van der Waals surface area (Å²) in [6, 6.07) is 9.10. The van der Waals surface area contributed by atoms with Gasteiger partial charge in [0.1, 0.15) is 5.75 Å². The van der Waals surface area contributed by atoms with Crippen molar-refractivity contribution in [3.63, 3.8) is 0 Å². The molecule has 1 nitrogen and oxygen atoms in total. The van der Waals surface area contributed by atoms with Crippen molar-refractivity contribution in [2.24, 2.45) is 0 Å². The zero-order valence-electron chi connectivity index (χ0n) is 22.0. The molecule has 0 aliphatic rings. The van der Waals surface area contributed by atoms with Crippen LogP contribution in [-0.2, 0) is 21.7 Å². The third-order valence-electron chi connectivity index (χ3n) is 6.20. The highest BCUT2D eigenvalue weighted by Crippen LogP contribution is 2.39. The van der Waals surface area contributed by atoms with Crippen molar-refractivity contribution in [1.29, 1.82) is 0 Å². The molecule has 2 aromatic rings. The van der Waals surface area contributed by atoms with Crippen LogP contribution in [0.15, 0.2) is 30.3 Å². The van der Waals surface area contributed by atoms with E-state index < -0.39 is 11.6 Å². The molecule has 0 N–H and O–H groups in total. The van der Waals surface area contributed by atoms with Gasteiger partial charge in [0.15, 0.2) is 11.6 Å². The summed E-state index contributed by atoms with van der Waals surface area (Å²) < 4.78 is 34.3. The highest BCUT2D eigenvalue weighted by molar-refractivity contribution is 5.43. The Labute approximate surface area is 194 Å². The lowest BCUT2D eigenvalue weighted by Crippen LogP contribution is -2.27. The smallest absolute Gasteiger partial charge is 0.159 e. The van der Waals surface area contributed by atoms with E-state index in [1.807, 2.05) is 26.8 Å². The van der Waals surface area contributed by atoms with Gasteiger partial charge in [-0.2, -0.15) is 0 Å². The van der Waals surface area contributed by atoms with Gasteiger partial charge in [-0.1, -0.05) is 82.2 Å². The molecule has 0 spiro atoms. The monoisotopic (exact) mass is 444 g/mol. The Hall–Kier alpha value is -1.90. The van der Waals surface area contributed by atoms with Crippen LogP contribution in [-0.4, -0.2) is 6.61 Å². The Morgan fingerprint density at radius 3 is 1.50 bits per heavy atom. The molecule has 0 amide bonds. The minimum Gasteiger partial charge on any atom is -0.494 e. The van der Waals surface area contributed by atoms with E-state index in [0.29, 0.717) is 13.0 Å². The van der Waals surface area contributed by atoms with E-state index in [9.17, 15) is 8.78 Å². The van der Waals surface area contributed by atoms with Crippen LogP contribution >= 0.6 is 0 Å². The molecule has 0 saturated carbocycles. The van der Waals surface area contributed by atoms with Gasteiger partial charge in [0.25, 0.3) is 0 Å². The minimum absolute atomic E-state index is 0.00844. The second kappa shape index (κ2) is 8.80. The Morgan fingerprint density at radius 1 is 0.594 bits per heavy atom. The van der Waals surface area contributed by atoms with Gasteiger partial charge in [-0.3, -0.25) is 0 Å². The number of benzene rings is 2. The van der Waals surface area contributed by atoms with Crippen LogP contribution in [0.4, 0.5) is 8.78 Å². The first-order valence-electron chi connectivity index (χ1n) is 11.6. The zero-order chi connectivity index (χ0) is 24.7. The SMILES string of the molecule is CC(C)(C)c1ccc(OCCC(C)(C)c2cc(F)c(F)cc2C(C)(C)C)cc1C(C)(C)C. The quantitative estimate of drug-likeness (QED) is 0.448. The van der Waals surface area contributed by atoms with Gasteiger partial charge in [-0.15, -0.1) is 0 Å². The van der Waals surface area contributed by atoms with Crippen LogP contribution < -0.4 is 4.74 Å². The molecule has 0 radical (unpaired) electrons. The average Bonchev–Trinajstić information content (AvgIpc) is 2.60. The lowest BCUT2D eigenvalue weighted by atomic mass is 9.73. The molecule has 0 atom stereocenters. The van der Waals surface area contributed by atoms with Gasteiger partial charge in [0.2, 0.25) is 0 Å². The molecule has 3 heteroatoms. The second-order valence-electron chi connectivity index (χ2n) is 12.8. The molecular weight excluding hydrogens is 402 g/mol. The van der Waals surface area contributed by atoms with Crippen LogP contribution in [0.2, 0.25) is 0 Å². The maximum Gasteiger partial charge on any atom is 0.159 e. The molecule has 2 aromatic carbocycles. The first kappa shape index (κ1) is 26.4. The van der Waals surface area contributed by atoms with Crippen LogP contribution in [0, 0.1) is 11.6 Å². The van der Waals surface area contributed by atoms with Gasteiger partial charge < -0.3 is 4.74 Å². The van der Waals surface area contributed by atoms with E-state index >= 15 is 0 Å². The fourth-order valence-electron chi connectivity index (χ4n) is 4.17. The second-order valence-corrected chi connectivity index (χ2v) is 12.8. The number of ether oxygens (including phenoxy) is 1. The van der Waals surface area contributed by atoms with Crippen LogP contribution in [0.25, 0.3) is 0 Å². The lowest BCUT2D eigenvalue weighted by molar-refractivity contribution is 0.270. The lowest BCUT2D eigenvalue weighted by Gasteiger charge is -2.33. The van der Waals surface area contributed by atoms with E-state index in [0.717, 1.165) is 16.9 Å². The fraction of sp³-hybridized carbons (Fsp3) is 0.586. The Bertz CT molecular complexity index is 951. The molecule has 2 rings (SSSR count). The van der Waals surface area contributed by atoms with E-state index in [4.69, 9.17) is 4.74 Å². The fourth-order valence-corrected chi connectivity index (χ4v) is 4.17. The van der Waals surface area contributed by atoms with E-state index in [1.165, 1.54) is 23.3 Å². The highest BCUT2D eigenvalue weighted by atomic mass is 19.2. The van der Waals surface area contributed by atoms with Crippen molar-refractivity contribution in [3.8, 4) is 5.75 Å². The number of halogens is 2. The molecule has 0 bridgehead atoms. The number of hydrogen-bond acceptors (Lipinski definition) is 1. The summed E-state index contributed by atoms with van der Waals surface area (Å²) in [5.41, 5.74) is 3.71. The van der Waals surface area contributed by atoms with Gasteiger partial charge >= 0.3 is 0 Å². The Morgan fingerprint density at radius 2 is 1.03 bits per heavy atom. The molecule has 178 valence electrons. The summed E-state index contributed by atoms with van der Waals surface area (Å²) in [5, 5.41) is 0. The van der Waals surface area contributed by atoms with Crippen molar-refractivity contribution >= 4 is 0 Å². The maximum atomic E-state index is 14.1. The van der Waals surface area contributed by atoms with Gasteiger partial charge in [0.05, 0.1) is 6.61 Å². The molecule has 0 saturated heterocycles. The summed E-state index contributed by atoms with van der Waals surface area (Å²) in [7, 11) is 0. The van der Waals surface area contributed by atoms with Crippen molar-refractivity contribution in [2.45, 2.75) is 104 Å². The molecule has 0 heterocycles. The van der Waals surface area contributed by atoms with Crippen molar-refractivity contribution in [1.82, 2.24) is 0 Å². The standard InChI is InChI=1S/C29H42F2O/c1-26(2,3)20-13-12-19(16-21(20)27(4,5)6)32-15-14-29(10,11)23-18-25(31)24(30)17-22(23)28(7,8)9/h12-13,16-18H,14-15H2,1-11H3. The zero-order valence-corrected chi connectivity index (χ0v) is 22.0. The highest BCUT2D eigenvalue weighted by Gasteiger charge is 2.30. The molecule has 32 heavy (non-hydrogen) atoms. The van der Waals surface area contributed by atoms with E-state index in [1.54, 1.807) is 0 Å². The van der Waals surface area contributed by atoms with E-state index in [2.05, 4.69) is 67.5 Å². The van der Waals surface area contributed by atoms with Gasteiger partial charge in [-0.25, -0.2) is 8.78 Å². The van der Waals surface area contributed by atoms with Crippen molar-refractivity contribution < 1.29 is 13.5 Å². The van der Waals surface area contributed by atoms with Crippen molar-refractivity contribution in [2.75, 3.05) is 6.61 Å². The third kappa shape index (κ3) is 6.11. The molecule has 0 aliphatic heterocycles. The van der Waals surface area contributed by atoms with Crippen molar-refractivity contribution in [3.05, 3.63) is 64.2 Å². The summed E-state index contributed by atoms with van der Waals surface area (Å²) in [5.74, 6) is -0.742. The number of hydrogen-bond donors (Lipinski definition) is 0. The molecular formula is C29H42F2O. The molecule has 0 aliphatic carbocycles. The topological polar surface area (TPSA) is 9.23 Å². The predicted molar refractivity (Wildman–Crippen MR) is 132 cm³/mol. The maximum absolute atomic E-state index is 14.1. The summed E-state index contributed by atoms with van der Waals surface area (Å²) >= 11 is 0. The third-order valence-corrected chi connectivity index (χ3v) is 6.20. The van der Waals surface area contributed by atoms with E-state index in [-0.39, 0.29) is 21.7 Å². The van der Waals surface area contributed by atoms with Gasteiger partial charge in [-0.05, 0) is 74.6 Å². The summed E-state index contributed by atoms with van der Waals surface area (Å²) in [6.45, 7) is 24.1. The summed E-state index contributed by atoms with van der Waals surface area (Å²) in [4.78, 5) is 0. The first-order valence-corrected chi connectivity index (χ1v) is 11.6. The van der Waals surface area contributed by atoms with Crippen LogP contribution in [0.5, 0.6) is 5.75 Å². The molecule has 0 unspecified atom stereocenters. The largest absolute Gasteiger partial charge is 0.494 e. The Balaban J connectivity index is 2.28. The average molecular weight is 445 g/mol. The minimum atomic E-state index is -0.797. The first-order chi connectivity index (χ1) is 14.3.